The van der Waals surface area contributed by atoms with Gasteiger partial charge in [0.15, 0.2) is 0 Å². The summed E-state index contributed by atoms with van der Waals surface area (Å²) in [5.74, 6) is 0.758. The van der Waals surface area contributed by atoms with Crippen molar-refractivity contribution >= 4 is 5.82 Å². The summed E-state index contributed by atoms with van der Waals surface area (Å²) in [5.41, 5.74) is 6.93. The first-order valence-corrected chi connectivity index (χ1v) is 6.23. The van der Waals surface area contributed by atoms with Crippen molar-refractivity contribution in [1.82, 2.24) is 14.7 Å². The minimum atomic E-state index is 0.660. The molecule has 1 saturated heterocycles. The zero-order valence-electron chi connectivity index (χ0n) is 10.3. The maximum Gasteiger partial charge on any atom is 0.121 e. The van der Waals surface area contributed by atoms with E-state index >= 15 is 0 Å². The van der Waals surface area contributed by atoms with Crippen LogP contribution in [0, 0.1) is 0 Å². The van der Waals surface area contributed by atoms with Crippen LogP contribution in [0.2, 0.25) is 0 Å². The first-order valence-electron chi connectivity index (χ1n) is 6.23. The number of anilines is 1. The number of aryl methyl sites for hydroxylation is 1. The third-order valence-electron chi connectivity index (χ3n) is 3.57. The number of nitrogen functional groups attached to an aromatic ring is 1. The Morgan fingerprint density at radius 3 is 2.94 bits per heavy atom. The molecule has 4 heteroatoms. The number of hydrogen-bond acceptors (Lipinski definition) is 3. The van der Waals surface area contributed by atoms with Gasteiger partial charge in [-0.1, -0.05) is 13.3 Å². The fraction of sp³-hybridized carbons (Fsp3) is 0.750. The van der Waals surface area contributed by atoms with Gasteiger partial charge in [0.25, 0.3) is 0 Å². The van der Waals surface area contributed by atoms with E-state index in [2.05, 4.69) is 16.9 Å². The van der Waals surface area contributed by atoms with Crippen LogP contribution in [-0.2, 0) is 13.5 Å². The standard InChI is InChI=1S/C12H22N4/c1-3-16-7-5-4-6-11(16)8-10-9-12(13)15(2)14-10/h9,11H,3-8,13H2,1-2H3. The predicted molar refractivity (Wildman–Crippen MR) is 66.2 cm³/mol. The first-order chi connectivity index (χ1) is 7.70. The Labute approximate surface area is 97.4 Å². The van der Waals surface area contributed by atoms with Crippen LogP contribution >= 0.6 is 0 Å². The Kier molecular flexibility index (Phi) is 3.49. The van der Waals surface area contributed by atoms with Crippen LogP contribution in [0.4, 0.5) is 5.82 Å². The van der Waals surface area contributed by atoms with Crippen LogP contribution in [0.3, 0.4) is 0 Å². The molecular formula is C12H22N4. The molecule has 0 amide bonds. The summed E-state index contributed by atoms with van der Waals surface area (Å²) in [6, 6.07) is 2.66. The van der Waals surface area contributed by atoms with E-state index in [4.69, 9.17) is 5.73 Å². The molecule has 2 N–H and O–H groups in total. The van der Waals surface area contributed by atoms with E-state index in [1.165, 1.54) is 25.8 Å². The van der Waals surface area contributed by atoms with Crippen molar-refractivity contribution in [2.75, 3.05) is 18.8 Å². The van der Waals surface area contributed by atoms with Gasteiger partial charge in [-0.05, 0) is 25.9 Å². The lowest BCUT2D eigenvalue weighted by molar-refractivity contribution is 0.154. The molecule has 1 fully saturated rings. The summed E-state index contributed by atoms with van der Waals surface area (Å²) in [6.07, 6.45) is 5.03. The molecule has 4 nitrogen and oxygen atoms in total. The lowest BCUT2D eigenvalue weighted by Gasteiger charge is -2.34. The molecule has 1 atom stereocenters. The smallest absolute Gasteiger partial charge is 0.121 e. The van der Waals surface area contributed by atoms with E-state index in [1.54, 1.807) is 4.68 Å². The molecule has 16 heavy (non-hydrogen) atoms. The zero-order valence-corrected chi connectivity index (χ0v) is 10.3. The molecular weight excluding hydrogens is 200 g/mol. The molecule has 1 aliphatic rings. The fourth-order valence-electron chi connectivity index (χ4n) is 2.59. The molecule has 0 aliphatic carbocycles. The molecule has 1 unspecified atom stereocenters. The topological polar surface area (TPSA) is 47.1 Å². The van der Waals surface area contributed by atoms with Gasteiger partial charge in [0.2, 0.25) is 0 Å². The number of piperidine rings is 1. The minimum absolute atomic E-state index is 0.660. The Hall–Kier alpha value is -1.03. The van der Waals surface area contributed by atoms with Gasteiger partial charge in [0.05, 0.1) is 5.69 Å². The number of likely N-dealkylation sites (tertiary alicyclic amines) is 1. The van der Waals surface area contributed by atoms with Gasteiger partial charge in [-0.3, -0.25) is 4.68 Å². The number of likely N-dealkylation sites (N-methyl/N-ethyl adjacent to an activating group) is 1. The Morgan fingerprint density at radius 2 is 2.31 bits per heavy atom. The molecule has 2 heterocycles. The highest BCUT2D eigenvalue weighted by molar-refractivity contribution is 5.30. The van der Waals surface area contributed by atoms with Crippen molar-refractivity contribution < 1.29 is 0 Å². The summed E-state index contributed by atoms with van der Waals surface area (Å²) in [7, 11) is 1.90. The highest BCUT2D eigenvalue weighted by Crippen LogP contribution is 2.20. The van der Waals surface area contributed by atoms with Crippen LogP contribution in [0.5, 0.6) is 0 Å². The number of nitrogens with two attached hydrogens (primary N) is 1. The monoisotopic (exact) mass is 222 g/mol. The maximum atomic E-state index is 5.80. The van der Waals surface area contributed by atoms with E-state index in [0.717, 1.165) is 24.5 Å². The average molecular weight is 222 g/mol. The molecule has 90 valence electrons. The Morgan fingerprint density at radius 1 is 1.50 bits per heavy atom. The average Bonchev–Trinajstić information content (AvgIpc) is 2.59. The van der Waals surface area contributed by atoms with Gasteiger partial charge >= 0.3 is 0 Å². The molecule has 0 saturated carbocycles. The number of aromatic nitrogens is 2. The number of nitrogens with zero attached hydrogens (tertiary/aromatic N) is 3. The molecule has 0 spiro atoms. The number of rotatable bonds is 3. The van der Waals surface area contributed by atoms with Crippen molar-refractivity contribution in [1.29, 1.82) is 0 Å². The summed E-state index contributed by atoms with van der Waals surface area (Å²) >= 11 is 0. The van der Waals surface area contributed by atoms with Crippen molar-refractivity contribution in [2.24, 2.45) is 7.05 Å². The van der Waals surface area contributed by atoms with Gasteiger partial charge < -0.3 is 10.6 Å². The second-order valence-corrected chi connectivity index (χ2v) is 4.67. The van der Waals surface area contributed by atoms with Gasteiger partial charge in [-0.2, -0.15) is 5.10 Å². The Bertz CT molecular complexity index is 325. The molecule has 1 aliphatic heterocycles. The maximum absolute atomic E-state index is 5.80. The minimum Gasteiger partial charge on any atom is -0.384 e. The second kappa shape index (κ2) is 4.87. The van der Waals surface area contributed by atoms with Crippen molar-refractivity contribution in [2.45, 2.75) is 38.6 Å². The fourth-order valence-corrected chi connectivity index (χ4v) is 2.59. The van der Waals surface area contributed by atoms with Gasteiger partial charge in [-0.15, -0.1) is 0 Å². The van der Waals surface area contributed by atoms with E-state index in [1.807, 2.05) is 13.1 Å². The highest BCUT2D eigenvalue weighted by Gasteiger charge is 2.22. The van der Waals surface area contributed by atoms with Crippen LogP contribution in [-0.4, -0.2) is 33.8 Å². The van der Waals surface area contributed by atoms with Crippen molar-refractivity contribution in [3.8, 4) is 0 Å². The summed E-state index contributed by atoms with van der Waals surface area (Å²) in [4.78, 5) is 2.56. The first kappa shape index (κ1) is 11.5. The largest absolute Gasteiger partial charge is 0.384 e. The van der Waals surface area contributed by atoms with Crippen LogP contribution in [0.1, 0.15) is 31.9 Å². The third kappa shape index (κ3) is 2.38. The van der Waals surface area contributed by atoms with Crippen molar-refractivity contribution in [3.63, 3.8) is 0 Å². The molecule has 0 radical (unpaired) electrons. The summed E-state index contributed by atoms with van der Waals surface area (Å²) < 4.78 is 1.76. The zero-order chi connectivity index (χ0) is 11.5. The van der Waals surface area contributed by atoms with E-state index in [0.29, 0.717) is 6.04 Å². The molecule has 2 rings (SSSR count). The molecule has 1 aromatic heterocycles. The van der Waals surface area contributed by atoms with E-state index in [-0.39, 0.29) is 0 Å². The van der Waals surface area contributed by atoms with Crippen molar-refractivity contribution in [3.05, 3.63) is 11.8 Å². The van der Waals surface area contributed by atoms with Gasteiger partial charge in [0.1, 0.15) is 5.82 Å². The number of hydrogen-bond donors (Lipinski definition) is 1. The van der Waals surface area contributed by atoms with E-state index < -0.39 is 0 Å². The van der Waals surface area contributed by atoms with Gasteiger partial charge in [0, 0.05) is 25.6 Å². The molecule has 0 aromatic carbocycles. The van der Waals surface area contributed by atoms with Gasteiger partial charge in [-0.25, -0.2) is 0 Å². The summed E-state index contributed by atoms with van der Waals surface area (Å²) in [5, 5.41) is 4.44. The Balaban J connectivity index is 2.02. The predicted octanol–water partition coefficient (Wildman–Crippen LogP) is 1.42. The quantitative estimate of drug-likeness (QED) is 0.841. The molecule has 0 bridgehead atoms. The lowest BCUT2D eigenvalue weighted by Crippen LogP contribution is -2.40. The lowest BCUT2D eigenvalue weighted by atomic mass is 9.98. The van der Waals surface area contributed by atoms with Crippen LogP contribution in [0.25, 0.3) is 0 Å². The normalized spacial score (nSPS) is 22.5. The highest BCUT2D eigenvalue weighted by atomic mass is 15.3. The SMILES string of the molecule is CCN1CCCCC1Cc1cc(N)n(C)n1. The van der Waals surface area contributed by atoms with E-state index in [9.17, 15) is 0 Å². The second-order valence-electron chi connectivity index (χ2n) is 4.67. The summed E-state index contributed by atoms with van der Waals surface area (Å²) in [6.45, 7) is 4.63. The molecule has 1 aromatic rings. The van der Waals surface area contributed by atoms with Crippen LogP contribution < -0.4 is 5.73 Å². The third-order valence-corrected chi connectivity index (χ3v) is 3.57. The van der Waals surface area contributed by atoms with Crippen LogP contribution in [0.15, 0.2) is 6.07 Å².